The maximum Gasteiger partial charge on any atom is 0.136 e. The Morgan fingerprint density at radius 3 is 1.66 bits per heavy atom. The van der Waals surface area contributed by atoms with Gasteiger partial charge >= 0.3 is 0 Å². The van der Waals surface area contributed by atoms with E-state index in [9.17, 15) is 0 Å². The van der Waals surface area contributed by atoms with Gasteiger partial charge in [-0.1, -0.05) is 97.1 Å². The first-order valence-electron chi connectivity index (χ1n) is 16.8. The van der Waals surface area contributed by atoms with Crippen molar-refractivity contribution in [1.29, 1.82) is 0 Å². The average molecular weight is 673 g/mol. The van der Waals surface area contributed by atoms with E-state index in [1.165, 1.54) is 73.4 Å². The lowest BCUT2D eigenvalue weighted by molar-refractivity contribution is 0.663. The number of fused-ring (bicyclic) bond motifs is 14. The molecule has 0 saturated carbocycles. The minimum Gasteiger partial charge on any atom is -0.456 e. The number of hydrogen-bond donors (Lipinski definition) is 0. The summed E-state index contributed by atoms with van der Waals surface area (Å²) in [6.07, 6.45) is 0. The molecular weight excluding hydrogens is 649 g/mol. The van der Waals surface area contributed by atoms with Crippen LogP contribution in [0.25, 0.3) is 117 Å². The zero-order valence-electron chi connectivity index (χ0n) is 26.5. The largest absolute Gasteiger partial charge is 0.456 e. The Morgan fingerprint density at radius 1 is 0.320 bits per heavy atom. The molecular formula is C46H24O2S2. The molecule has 8 aromatic carbocycles. The van der Waals surface area contributed by atoms with Crippen LogP contribution in [0.3, 0.4) is 0 Å². The second-order valence-electron chi connectivity index (χ2n) is 13.1. The van der Waals surface area contributed by atoms with E-state index in [-0.39, 0.29) is 0 Å². The van der Waals surface area contributed by atoms with E-state index >= 15 is 0 Å². The highest BCUT2D eigenvalue weighted by molar-refractivity contribution is 7.26. The molecule has 12 rings (SSSR count). The summed E-state index contributed by atoms with van der Waals surface area (Å²) in [7, 11) is 0. The second kappa shape index (κ2) is 9.82. The molecule has 12 aromatic rings. The molecule has 0 aliphatic heterocycles. The van der Waals surface area contributed by atoms with E-state index < -0.39 is 0 Å². The first-order chi connectivity index (χ1) is 24.8. The number of furan rings is 2. The van der Waals surface area contributed by atoms with Gasteiger partial charge in [-0.05, 0) is 81.2 Å². The molecule has 0 N–H and O–H groups in total. The van der Waals surface area contributed by atoms with E-state index in [0.29, 0.717) is 0 Å². The van der Waals surface area contributed by atoms with Crippen LogP contribution >= 0.6 is 22.7 Å². The lowest BCUT2D eigenvalue weighted by Crippen LogP contribution is -1.90. The minimum absolute atomic E-state index is 0.870. The van der Waals surface area contributed by atoms with Crippen LogP contribution in [0.4, 0.5) is 0 Å². The molecule has 0 aliphatic carbocycles. The highest BCUT2D eigenvalue weighted by atomic mass is 32.1. The fourth-order valence-corrected chi connectivity index (χ4v) is 10.7. The van der Waals surface area contributed by atoms with Crippen molar-refractivity contribution >= 4 is 118 Å². The Morgan fingerprint density at radius 2 is 0.880 bits per heavy atom. The highest BCUT2D eigenvalue weighted by Gasteiger charge is 2.23. The van der Waals surface area contributed by atoms with Crippen molar-refractivity contribution in [2.75, 3.05) is 0 Å². The quantitative estimate of drug-likeness (QED) is 0.171. The summed E-state index contributed by atoms with van der Waals surface area (Å²) in [6, 6.07) is 52.6. The minimum atomic E-state index is 0.870. The average Bonchev–Trinajstić information content (AvgIpc) is 3.94. The van der Waals surface area contributed by atoms with Crippen LogP contribution in [0, 0.1) is 0 Å². The molecule has 0 saturated heterocycles. The maximum absolute atomic E-state index is 6.61. The molecule has 2 nitrogen and oxygen atoms in total. The maximum atomic E-state index is 6.61. The van der Waals surface area contributed by atoms with Gasteiger partial charge < -0.3 is 8.83 Å². The topological polar surface area (TPSA) is 26.3 Å². The predicted molar refractivity (Wildman–Crippen MR) is 215 cm³/mol. The van der Waals surface area contributed by atoms with Crippen LogP contribution in [-0.4, -0.2) is 0 Å². The van der Waals surface area contributed by atoms with E-state index in [4.69, 9.17) is 8.83 Å². The van der Waals surface area contributed by atoms with Gasteiger partial charge in [0.15, 0.2) is 0 Å². The van der Waals surface area contributed by atoms with Crippen LogP contribution < -0.4 is 0 Å². The fraction of sp³-hybridized carbons (Fsp3) is 0. The molecule has 0 amide bonds. The molecule has 4 heterocycles. The summed E-state index contributed by atoms with van der Waals surface area (Å²) in [5.74, 6) is 0. The van der Waals surface area contributed by atoms with Crippen molar-refractivity contribution in [2.45, 2.75) is 0 Å². The monoisotopic (exact) mass is 672 g/mol. The molecule has 4 heteroatoms. The first kappa shape index (κ1) is 26.9. The molecule has 0 atom stereocenters. The number of rotatable bonds is 2. The summed E-state index contributed by atoms with van der Waals surface area (Å²) in [5.41, 5.74) is 7.20. The van der Waals surface area contributed by atoms with E-state index in [1.807, 2.05) is 40.9 Å². The molecule has 4 aromatic heterocycles. The van der Waals surface area contributed by atoms with Crippen LogP contribution in [-0.2, 0) is 0 Å². The highest BCUT2D eigenvalue weighted by Crippen LogP contribution is 2.51. The summed E-state index contributed by atoms with van der Waals surface area (Å²) in [5, 5.41) is 13.4. The number of para-hydroxylation sites is 1. The summed E-state index contributed by atoms with van der Waals surface area (Å²) in [4.78, 5) is 1.29. The lowest BCUT2D eigenvalue weighted by Gasteiger charge is -2.17. The van der Waals surface area contributed by atoms with Crippen molar-refractivity contribution < 1.29 is 8.83 Å². The van der Waals surface area contributed by atoms with Crippen molar-refractivity contribution in [3.8, 4) is 21.6 Å². The molecule has 0 unspecified atom stereocenters. The lowest BCUT2D eigenvalue weighted by atomic mass is 9.86. The van der Waals surface area contributed by atoms with Gasteiger partial charge in [0.2, 0.25) is 0 Å². The SMILES string of the molecule is c1ccc2c(c1)oc1ccc3oc4cccc(-c5c6ccccc6c(-c6cc7c(ccc8sc9ccccc9c87)s6)c6ccccc56)c4c3c12. The summed E-state index contributed by atoms with van der Waals surface area (Å²) >= 11 is 3.78. The van der Waals surface area contributed by atoms with Gasteiger partial charge in [0.05, 0.1) is 0 Å². The molecule has 0 bridgehead atoms. The van der Waals surface area contributed by atoms with Gasteiger partial charge in [-0.2, -0.15) is 0 Å². The van der Waals surface area contributed by atoms with Crippen LogP contribution in [0.5, 0.6) is 0 Å². The Balaban J connectivity index is 1.21. The Bertz CT molecular complexity index is 3330. The first-order valence-corrected chi connectivity index (χ1v) is 18.5. The third kappa shape index (κ3) is 3.51. The van der Waals surface area contributed by atoms with E-state index in [2.05, 4.69) is 127 Å². The molecule has 232 valence electrons. The molecule has 50 heavy (non-hydrogen) atoms. The van der Waals surface area contributed by atoms with Crippen LogP contribution in [0.1, 0.15) is 0 Å². The van der Waals surface area contributed by atoms with Gasteiger partial charge in [0, 0.05) is 62.2 Å². The second-order valence-corrected chi connectivity index (χ2v) is 15.3. The van der Waals surface area contributed by atoms with Crippen molar-refractivity contribution in [2.24, 2.45) is 0 Å². The van der Waals surface area contributed by atoms with E-state index in [0.717, 1.165) is 43.9 Å². The smallest absolute Gasteiger partial charge is 0.136 e. The normalized spacial score (nSPS) is 12.4. The van der Waals surface area contributed by atoms with Gasteiger partial charge in [0.1, 0.15) is 22.3 Å². The third-order valence-corrected chi connectivity index (χ3v) is 12.7. The molecule has 0 radical (unpaired) electrons. The predicted octanol–water partition coefficient (Wildman–Crippen LogP) is 14.7. The zero-order chi connectivity index (χ0) is 32.5. The fourth-order valence-electron chi connectivity index (χ4n) is 8.47. The van der Waals surface area contributed by atoms with Gasteiger partial charge in [-0.15, -0.1) is 22.7 Å². The van der Waals surface area contributed by atoms with Crippen molar-refractivity contribution in [1.82, 2.24) is 0 Å². The molecule has 0 fully saturated rings. The van der Waals surface area contributed by atoms with Crippen LogP contribution in [0.15, 0.2) is 154 Å². The standard InChI is InChI=1S/C46H24O2S2/c1-3-12-27-25(10-1)41(31-16-9-18-34-45(31)46-36(48-34)21-20-35-44(46)29-14-5-7-17-33(29)47-35)26-11-2-4-13-28(26)42(27)40-24-32-38(50-40)22-23-39-43(32)30-15-6-8-19-37(30)49-39/h1-24H. The number of hydrogen-bond acceptors (Lipinski definition) is 4. The molecule has 0 aliphatic rings. The van der Waals surface area contributed by atoms with Gasteiger partial charge in [-0.25, -0.2) is 0 Å². The Hall–Kier alpha value is -5.94. The summed E-state index contributed by atoms with van der Waals surface area (Å²) < 4.78 is 17.0. The van der Waals surface area contributed by atoms with Crippen LogP contribution in [0.2, 0.25) is 0 Å². The number of benzene rings is 8. The van der Waals surface area contributed by atoms with Crippen molar-refractivity contribution in [3.63, 3.8) is 0 Å². The Labute approximate surface area is 293 Å². The van der Waals surface area contributed by atoms with Gasteiger partial charge in [0.25, 0.3) is 0 Å². The van der Waals surface area contributed by atoms with E-state index in [1.54, 1.807) is 0 Å². The molecule has 0 spiro atoms. The van der Waals surface area contributed by atoms with Gasteiger partial charge in [-0.3, -0.25) is 0 Å². The van der Waals surface area contributed by atoms with Crippen molar-refractivity contribution in [3.05, 3.63) is 146 Å². The third-order valence-electron chi connectivity index (χ3n) is 10.5. The Kier molecular flexibility index (Phi) is 5.29. The number of thiophene rings is 2. The zero-order valence-corrected chi connectivity index (χ0v) is 28.1. The summed E-state index contributed by atoms with van der Waals surface area (Å²) in [6.45, 7) is 0.